The van der Waals surface area contributed by atoms with Gasteiger partial charge in [0.2, 0.25) is 5.89 Å². The first-order chi connectivity index (χ1) is 9.85. The molecule has 1 aromatic carbocycles. The standard InChI is InChI=1S/C13H12N4O2S/c14-7-12-15-16-13(18-12)20-8-10-6-11(17-19-10)9-4-2-1-3-5-9/h1-6H,7-8,14H2. The molecule has 7 heteroatoms. The molecule has 0 radical (unpaired) electrons. The first-order valence-electron chi connectivity index (χ1n) is 6.01. The fraction of sp³-hybridized carbons (Fsp3) is 0.154. The van der Waals surface area contributed by atoms with Crippen LogP contribution in [-0.4, -0.2) is 15.4 Å². The van der Waals surface area contributed by atoms with E-state index in [2.05, 4.69) is 15.4 Å². The maximum atomic E-state index is 5.40. The summed E-state index contributed by atoms with van der Waals surface area (Å²) < 4.78 is 10.6. The molecule has 0 saturated carbocycles. The zero-order valence-corrected chi connectivity index (χ0v) is 11.3. The van der Waals surface area contributed by atoms with Gasteiger partial charge in [0, 0.05) is 11.6 Å². The number of hydrogen-bond donors (Lipinski definition) is 1. The summed E-state index contributed by atoms with van der Waals surface area (Å²) in [5.74, 6) is 1.75. The van der Waals surface area contributed by atoms with E-state index in [1.165, 1.54) is 11.8 Å². The SMILES string of the molecule is NCc1nnc(SCc2cc(-c3ccccc3)no2)o1. The molecule has 0 aliphatic heterocycles. The fourth-order valence-electron chi connectivity index (χ4n) is 1.64. The molecule has 0 bridgehead atoms. The van der Waals surface area contributed by atoms with Crippen LogP contribution in [0.15, 0.2) is 50.6 Å². The van der Waals surface area contributed by atoms with Crippen LogP contribution in [0.2, 0.25) is 0 Å². The molecule has 3 aromatic rings. The van der Waals surface area contributed by atoms with E-state index in [-0.39, 0.29) is 6.54 Å². The molecule has 2 N–H and O–H groups in total. The van der Waals surface area contributed by atoms with Gasteiger partial charge in [-0.3, -0.25) is 0 Å². The lowest BCUT2D eigenvalue weighted by Gasteiger charge is -1.91. The van der Waals surface area contributed by atoms with Crippen molar-refractivity contribution in [3.63, 3.8) is 0 Å². The average molecular weight is 288 g/mol. The second-order valence-corrected chi connectivity index (χ2v) is 4.93. The van der Waals surface area contributed by atoms with Gasteiger partial charge in [-0.1, -0.05) is 47.3 Å². The van der Waals surface area contributed by atoms with E-state index in [0.717, 1.165) is 17.0 Å². The third-order valence-corrected chi connectivity index (χ3v) is 3.43. The molecule has 0 unspecified atom stereocenters. The number of hydrogen-bond acceptors (Lipinski definition) is 7. The molecule has 20 heavy (non-hydrogen) atoms. The van der Waals surface area contributed by atoms with Crippen molar-refractivity contribution in [1.82, 2.24) is 15.4 Å². The van der Waals surface area contributed by atoms with E-state index >= 15 is 0 Å². The van der Waals surface area contributed by atoms with E-state index in [1.54, 1.807) is 0 Å². The highest BCUT2D eigenvalue weighted by Gasteiger charge is 2.10. The number of nitrogens with two attached hydrogens (primary N) is 1. The van der Waals surface area contributed by atoms with Gasteiger partial charge < -0.3 is 14.7 Å². The second-order valence-electron chi connectivity index (χ2n) is 4.00. The van der Waals surface area contributed by atoms with Crippen LogP contribution in [-0.2, 0) is 12.3 Å². The van der Waals surface area contributed by atoms with Crippen molar-refractivity contribution in [2.24, 2.45) is 5.73 Å². The Hall–Kier alpha value is -2.12. The number of benzene rings is 1. The predicted octanol–water partition coefficient (Wildman–Crippen LogP) is 2.48. The third-order valence-electron chi connectivity index (χ3n) is 2.59. The highest BCUT2D eigenvalue weighted by atomic mass is 32.2. The Balaban J connectivity index is 1.65. The summed E-state index contributed by atoms with van der Waals surface area (Å²) in [6.07, 6.45) is 0. The average Bonchev–Trinajstić information content (AvgIpc) is 3.15. The Morgan fingerprint density at radius 1 is 1.15 bits per heavy atom. The minimum absolute atomic E-state index is 0.244. The van der Waals surface area contributed by atoms with Gasteiger partial charge in [0.05, 0.1) is 12.3 Å². The molecule has 0 saturated heterocycles. The highest BCUT2D eigenvalue weighted by Crippen LogP contribution is 2.24. The zero-order valence-electron chi connectivity index (χ0n) is 10.5. The first kappa shape index (κ1) is 12.9. The van der Waals surface area contributed by atoms with Crippen molar-refractivity contribution in [2.45, 2.75) is 17.5 Å². The molecular weight excluding hydrogens is 276 g/mol. The Labute approximate surface area is 119 Å². The summed E-state index contributed by atoms with van der Waals surface area (Å²) in [4.78, 5) is 0. The Morgan fingerprint density at radius 3 is 2.75 bits per heavy atom. The lowest BCUT2D eigenvalue weighted by molar-refractivity contribution is 0.394. The molecule has 102 valence electrons. The number of rotatable bonds is 5. The largest absolute Gasteiger partial charge is 0.415 e. The van der Waals surface area contributed by atoms with Gasteiger partial charge >= 0.3 is 0 Å². The van der Waals surface area contributed by atoms with Crippen LogP contribution < -0.4 is 5.73 Å². The summed E-state index contributed by atoms with van der Waals surface area (Å²) in [5, 5.41) is 12.2. The van der Waals surface area contributed by atoms with E-state index in [4.69, 9.17) is 14.7 Å². The van der Waals surface area contributed by atoms with Crippen LogP contribution in [0, 0.1) is 0 Å². The van der Waals surface area contributed by atoms with Crippen molar-refractivity contribution in [1.29, 1.82) is 0 Å². The molecule has 6 nitrogen and oxygen atoms in total. The van der Waals surface area contributed by atoms with Crippen LogP contribution in [0.3, 0.4) is 0 Å². The van der Waals surface area contributed by atoms with Gasteiger partial charge in [0.25, 0.3) is 5.22 Å². The van der Waals surface area contributed by atoms with Gasteiger partial charge in [0.1, 0.15) is 11.5 Å². The number of nitrogens with zero attached hydrogens (tertiary/aromatic N) is 3. The lowest BCUT2D eigenvalue weighted by atomic mass is 10.1. The van der Waals surface area contributed by atoms with Crippen LogP contribution >= 0.6 is 11.8 Å². The molecule has 2 aromatic heterocycles. The van der Waals surface area contributed by atoms with Crippen LogP contribution in [0.5, 0.6) is 0 Å². The van der Waals surface area contributed by atoms with Gasteiger partial charge in [-0.15, -0.1) is 10.2 Å². The summed E-state index contributed by atoms with van der Waals surface area (Å²) in [6, 6.07) is 11.8. The minimum Gasteiger partial charge on any atom is -0.415 e. The smallest absolute Gasteiger partial charge is 0.277 e. The maximum absolute atomic E-state index is 5.40. The Kier molecular flexibility index (Phi) is 3.80. The highest BCUT2D eigenvalue weighted by molar-refractivity contribution is 7.98. The second kappa shape index (κ2) is 5.89. The van der Waals surface area contributed by atoms with Crippen molar-refractivity contribution < 1.29 is 8.94 Å². The van der Waals surface area contributed by atoms with E-state index in [9.17, 15) is 0 Å². The molecule has 2 heterocycles. The third kappa shape index (κ3) is 2.89. The minimum atomic E-state index is 0.244. The molecule has 0 amide bonds. The predicted molar refractivity (Wildman–Crippen MR) is 73.7 cm³/mol. The quantitative estimate of drug-likeness (QED) is 0.721. The van der Waals surface area contributed by atoms with Gasteiger partial charge in [-0.25, -0.2) is 0 Å². The van der Waals surface area contributed by atoms with Crippen LogP contribution in [0.1, 0.15) is 11.7 Å². The Morgan fingerprint density at radius 2 is 2.00 bits per heavy atom. The molecule has 3 rings (SSSR count). The number of aromatic nitrogens is 3. The van der Waals surface area contributed by atoms with Gasteiger partial charge in [-0.05, 0) is 0 Å². The first-order valence-corrected chi connectivity index (χ1v) is 7.00. The normalized spacial score (nSPS) is 10.8. The molecule has 0 spiro atoms. The molecule has 0 atom stereocenters. The molecule has 0 fully saturated rings. The van der Waals surface area contributed by atoms with Crippen molar-refractivity contribution in [2.75, 3.05) is 0 Å². The van der Waals surface area contributed by atoms with Gasteiger partial charge in [0.15, 0.2) is 0 Å². The fourth-order valence-corrected chi connectivity index (χ4v) is 2.29. The van der Waals surface area contributed by atoms with E-state index < -0.39 is 0 Å². The Bertz CT molecular complexity index is 681. The molecule has 0 aliphatic carbocycles. The van der Waals surface area contributed by atoms with E-state index in [0.29, 0.717) is 16.9 Å². The summed E-state index contributed by atoms with van der Waals surface area (Å²) in [6.45, 7) is 0.244. The molecule has 0 aliphatic rings. The van der Waals surface area contributed by atoms with Crippen molar-refractivity contribution in [3.05, 3.63) is 48.0 Å². The monoisotopic (exact) mass is 288 g/mol. The molecular formula is C13H12N4O2S. The summed E-state index contributed by atoms with van der Waals surface area (Å²) in [7, 11) is 0. The lowest BCUT2D eigenvalue weighted by Crippen LogP contribution is -1.95. The van der Waals surface area contributed by atoms with Crippen molar-refractivity contribution >= 4 is 11.8 Å². The van der Waals surface area contributed by atoms with Gasteiger partial charge in [-0.2, -0.15) is 0 Å². The van der Waals surface area contributed by atoms with Crippen molar-refractivity contribution in [3.8, 4) is 11.3 Å². The maximum Gasteiger partial charge on any atom is 0.277 e. The zero-order chi connectivity index (χ0) is 13.8. The topological polar surface area (TPSA) is 91.0 Å². The summed E-state index contributed by atoms with van der Waals surface area (Å²) in [5.41, 5.74) is 7.24. The summed E-state index contributed by atoms with van der Waals surface area (Å²) >= 11 is 1.39. The van der Waals surface area contributed by atoms with E-state index in [1.807, 2.05) is 36.4 Å². The number of thioether (sulfide) groups is 1. The van der Waals surface area contributed by atoms with Crippen LogP contribution in [0.25, 0.3) is 11.3 Å². The van der Waals surface area contributed by atoms with Crippen LogP contribution in [0.4, 0.5) is 0 Å².